The lowest BCUT2D eigenvalue weighted by Crippen LogP contribution is -2.38. The Balaban J connectivity index is 1.56. The highest BCUT2D eigenvalue weighted by Gasteiger charge is 2.42. The fourth-order valence-corrected chi connectivity index (χ4v) is 6.53. The van der Waals surface area contributed by atoms with Gasteiger partial charge in [0.25, 0.3) is 0 Å². The number of piperidine rings is 1. The van der Waals surface area contributed by atoms with Crippen LogP contribution >= 0.6 is 23.8 Å². The first-order valence-electron chi connectivity index (χ1n) is 12.4. The Morgan fingerprint density at radius 2 is 1.80 bits per heavy atom. The first-order valence-corrected chi connectivity index (χ1v) is 13.2. The molecule has 2 fully saturated rings. The summed E-state index contributed by atoms with van der Waals surface area (Å²) in [4.78, 5) is 9.33. The van der Waals surface area contributed by atoms with Crippen LogP contribution in [0.15, 0.2) is 48.7 Å². The van der Waals surface area contributed by atoms with Gasteiger partial charge in [0, 0.05) is 43.4 Å². The molecule has 2 aromatic heterocycles. The van der Waals surface area contributed by atoms with Crippen molar-refractivity contribution >= 4 is 40.3 Å². The van der Waals surface area contributed by atoms with Crippen molar-refractivity contribution in [2.75, 3.05) is 22.9 Å². The molecule has 0 radical (unpaired) electrons. The van der Waals surface area contributed by atoms with Gasteiger partial charge in [-0.1, -0.05) is 31.5 Å². The van der Waals surface area contributed by atoms with E-state index in [0.717, 1.165) is 35.2 Å². The lowest BCUT2D eigenvalue weighted by atomic mass is 9.91. The van der Waals surface area contributed by atoms with Crippen molar-refractivity contribution in [3.8, 4) is 0 Å². The van der Waals surface area contributed by atoms with Crippen LogP contribution in [-0.2, 0) is 7.05 Å². The third kappa shape index (κ3) is 4.43. The van der Waals surface area contributed by atoms with Crippen LogP contribution in [0.2, 0.25) is 5.02 Å². The second-order valence-corrected chi connectivity index (χ2v) is 11.2. The summed E-state index contributed by atoms with van der Waals surface area (Å²) in [5, 5.41) is 5.03. The molecule has 2 saturated heterocycles. The molecule has 3 aromatic rings. The van der Waals surface area contributed by atoms with Gasteiger partial charge in [0.15, 0.2) is 5.11 Å². The van der Waals surface area contributed by atoms with Gasteiger partial charge in [0.2, 0.25) is 0 Å². The maximum atomic E-state index is 6.94. The van der Waals surface area contributed by atoms with Gasteiger partial charge >= 0.3 is 0 Å². The second kappa shape index (κ2) is 9.47. The van der Waals surface area contributed by atoms with E-state index < -0.39 is 0 Å². The largest absolute Gasteiger partial charge is 0.370 e. The maximum Gasteiger partial charge on any atom is 0.174 e. The molecule has 2 aliphatic heterocycles. The molecule has 1 aromatic carbocycles. The first kappa shape index (κ1) is 24.1. The zero-order valence-electron chi connectivity index (χ0n) is 21.1. The van der Waals surface area contributed by atoms with Crippen LogP contribution in [0.1, 0.15) is 55.0 Å². The van der Waals surface area contributed by atoms with Gasteiger partial charge < -0.3 is 19.7 Å². The van der Waals surface area contributed by atoms with Crippen LogP contribution in [0.25, 0.3) is 0 Å². The summed E-state index contributed by atoms with van der Waals surface area (Å²) >= 11 is 12.9. The third-order valence-electron chi connectivity index (χ3n) is 7.65. The van der Waals surface area contributed by atoms with Crippen LogP contribution in [0, 0.1) is 25.7 Å². The van der Waals surface area contributed by atoms with Crippen LogP contribution in [0.3, 0.4) is 0 Å². The summed E-state index contributed by atoms with van der Waals surface area (Å²) in [7, 11) is 2.11. The number of benzene rings is 1. The fraction of sp³-hybridized carbons (Fsp3) is 0.429. The van der Waals surface area contributed by atoms with E-state index in [2.05, 4.69) is 89.7 Å². The monoisotopic (exact) mass is 507 g/mol. The van der Waals surface area contributed by atoms with E-state index in [1.54, 1.807) is 0 Å². The average Bonchev–Trinajstić information content (AvgIpc) is 3.29. The Morgan fingerprint density at radius 3 is 2.40 bits per heavy atom. The highest BCUT2D eigenvalue weighted by Crippen LogP contribution is 2.44. The normalized spacial score (nSPS) is 24.7. The number of aromatic nitrogens is 2. The van der Waals surface area contributed by atoms with E-state index >= 15 is 0 Å². The minimum Gasteiger partial charge on any atom is -0.370 e. The summed E-state index contributed by atoms with van der Waals surface area (Å²) < 4.78 is 2.24. The van der Waals surface area contributed by atoms with Gasteiger partial charge in [0.05, 0.1) is 28.5 Å². The van der Waals surface area contributed by atoms with E-state index in [1.807, 2.05) is 18.3 Å². The number of nitrogens with one attached hydrogen (secondary N) is 1. The lowest BCUT2D eigenvalue weighted by Gasteiger charge is -2.37. The molecule has 0 unspecified atom stereocenters. The average molecular weight is 508 g/mol. The Hall–Kier alpha value is -2.57. The molecule has 0 bridgehead atoms. The van der Waals surface area contributed by atoms with Crippen molar-refractivity contribution in [3.05, 3.63) is 76.3 Å². The van der Waals surface area contributed by atoms with Crippen molar-refractivity contribution < 1.29 is 0 Å². The van der Waals surface area contributed by atoms with Gasteiger partial charge in [-0.3, -0.25) is 4.98 Å². The van der Waals surface area contributed by atoms with Gasteiger partial charge in [-0.25, -0.2) is 0 Å². The van der Waals surface area contributed by atoms with E-state index in [4.69, 9.17) is 23.8 Å². The summed E-state index contributed by atoms with van der Waals surface area (Å²) in [6.45, 7) is 11.0. The van der Waals surface area contributed by atoms with E-state index in [9.17, 15) is 0 Å². The minimum absolute atomic E-state index is 0.0331. The van der Waals surface area contributed by atoms with Crippen molar-refractivity contribution in [2.45, 2.75) is 46.2 Å². The van der Waals surface area contributed by atoms with E-state index in [1.165, 1.54) is 23.4 Å². The fourth-order valence-electron chi connectivity index (χ4n) is 5.89. The zero-order chi connectivity index (χ0) is 24.9. The Kier molecular flexibility index (Phi) is 6.53. The summed E-state index contributed by atoms with van der Waals surface area (Å²) in [6, 6.07) is 14.6. The van der Waals surface area contributed by atoms with Crippen LogP contribution < -0.4 is 15.1 Å². The molecular weight excluding hydrogens is 474 g/mol. The molecule has 0 spiro atoms. The summed E-state index contributed by atoms with van der Waals surface area (Å²) in [5.74, 6) is 1.33. The predicted molar refractivity (Wildman–Crippen MR) is 149 cm³/mol. The number of rotatable bonds is 4. The van der Waals surface area contributed by atoms with Gasteiger partial charge in [-0.05, 0) is 86.3 Å². The number of hydrogen-bond donors (Lipinski definition) is 1. The number of pyridine rings is 1. The molecule has 35 heavy (non-hydrogen) atoms. The van der Waals surface area contributed by atoms with E-state index in [-0.39, 0.29) is 12.1 Å². The number of nitrogens with zero attached hydrogens (tertiary/aromatic N) is 4. The highest BCUT2D eigenvalue weighted by atomic mass is 35.5. The Bertz CT molecular complexity index is 1230. The number of anilines is 2. The second-order valence-electron chi connectivity index (χ2n) is 10.4. The standard InChI is InChI=1S/C28H34ClN5S/c1-17-12-18(2)16-33(15-17)25-10-9-21(14-23(25)29)34-27(22-13-19(3)32(5)20(22)4)26(31-28(34)35)24-8-6-7-11-30-24/h6-11,13-14,17-18,26-27H,12,15-16H2,1-5H3,(H,31,35)/t17-,18+,26-,27-/m1/s1. The minimum atomic E-state index is -0.0635. The number of aryl methyl sites for hydroxylation is 1. The molecule has 184 valence electrons. The summed E-state index contributed by atoms with van der Waals surface area (Å²) in [5.41, 5.74) is 6.77. The summed E-state index contributed by atoms with van der Waals surface area (Å²) in [6.07, 6.45) is 3.11. The molecule has 5 nitrogen and oxygen atoms in total. The van der Waals surface area contributed by atoms with Gasteiger partial charge in [-0.15, -0.1) is 0 Å². The molecule has 7 heteroatoms. The number of thiocarbonyl (C=S) groups is 1. The third-order valence-corrected chi connectivity index (χ3v) is 8.27. The Labute approximate surface area is 219 Å². The van der Waals surface area contributed by atoms with Crippen molar-refractivity contribution in [2.24, 2.45) is 18.9 Å². The predicted octanol–water partition coefficient (Wildman–Crippen LogP) is 6.35. The van der Waals surface area contributed by atoms with E-state index in [0.29, 0.717) is 16.9 Å². The van der Waals surface area contributed by atoms with Crippen molar-refractivity contribution in [1.82, 2.24) is 14.9 Å². The SMILES string of the molecule is Cc1cc([C@@H]2[C@@H](c3ccccn3)NC(=S)N2c2ccc(N3C[C@H](C)C[C@H](C)C3)c(Cl)c2)c(C)n1C. The van der Waals surface area contributed by atoms with Crippen LogP contribution in [0.4, 0.5) is 11.4 Å². The van der Waals surface area contributed by atoms with Crippen LogP contribution in [-0.4, -0.2) is 27.8 Å². The highest BCUT2D eigenvalue weighted by molar-refractivity contribution is 7.80. The molecule has 0 aliphatic carbocycles. The molecule has 0 saturated carbocycles. The molecule has 2 aliphatic rings. The number of halogens is 1. The molecule has 0 amide bonds. The van der Waals surface area contributed by atoms with Crippen molar-refractivity contribution in [3.63, 3.8) is 0 Å². The van der Waals surface area contributed by atoms with Gasteiger partial charge in [-0.2, -0.15) is 0 Å². The lowest BCUT2D eigenvalue weighted by molar-refractivity contribution is 0.357. The zero-order valence-corrected chi connectivity index (χ0v) is 22.7. The molecule has 4 heterocycles. The quantitative estimate of drug-likeness (QED) is 0.416. The molecule has 5 rings (SSSR count). The molecule has 1 N–H and O–H groups in total. The maximum absolute atomic E-state index is 6.94. The first-order chi connectivity index (χ1) is 16.7. The Morgan fingerprint density at radius 1 is 1.06 bits per heavy atom. The molecular formula is C28H34ClN5S. The number of hydrogen-bond acceptors (Lipinski definition) is 3. The molecule has 4 atom stereocenters. The van der Waals surface area contributed by atoms with Crippen molar-refractivity contribution in [1.29, 1.82) is 0 Å². The topological polar surface area (TPSA) is 36.3 Å². The smallest absolute Gasteiger partial charge is 0.174 e. The van der Waals surface area contributed by atoms with Gasteiger partial charge in [0.1, 0.15) is 0 Å². The van der Waals surface area contributed by atoms with Crippen LogP contribution in [0.5, 0.6) is 0 Å².